The van der Waals surface area contributed by atoms with E-state index in [1.165, 1.54) is 0 Å². The van der Waals surface area contributed by atoms with E-state index in [2.05, 4.69) is 5.32 Å². The van der Waals surface area contributed by atoms with Crippen molar-refractivity contribution >= 4 is 39.9 Å². The van der Waals surface area contributed by atoms with Gasteiger partial charge in [-0.05, 0) is 64.7 Å². The molecule has 248 valence electrons. The molecule has 2 heterocycles. The first-order chi connectivity index (χ1) is 20.3. The number of benzene rings is 1. The molecule has 15 heteroatoms. The van der Waals surface area contributed by atoms with Crippen molar-refractivity contribution in [3.8, 4) is 0 Å². The van der Waals surface area contributed by atoms with Crippen LogP contribution in [-0.2, 0) is 54.2 Å². The third kappa shape index (κ3) is 11.5. The van der Waals surface area contributed by atoms with Gasteiger partial charge in [-0.1, -0.05) is 37.6 Å². The van der Waals surface area contributed by atoms with Crippen molar-refractivity contribution in [2.45, 2.75) is 110 Å². The highest BCUT2D eigenvalue weighted by Gasteiger charge is 2.55. The SMILES string of the molecule is CC(C)CC(NC(=O)OC(C)(C)C)C(=O)NS(=O)(=O)OCC1OC(CCOC(=O)Cc2ccc(Cl)cc2)C2OC(C)(C)OC12. The van der Waals surface area contributed by atoms with Gasteiger partial charge in [-0.3, -0.25) is 13.8 Å². The van der Waals surface area contributed by atoms with E-state index in [-0.39, 0.29) is 31.8 Å². The third-order valence-electron chi connectivity index (χ3n) is 6.50. The van der Waals surface area contributed by atoms with Crippen molar-refractivity contribution in [3.63, 3.8) is 0 Å². The van der Waals surface area contributed by atoms with Crippen LogP contribution in [0.25, 0.3) is 0 Å². The van der Waals surface area contributed by atoms with Gasteiger partial charge in [0.05, 0.1) is 25.7 Å². The van der Waals surface area contributed by atoms with Crippen LogP contribution < -0.4 is 10.0 Å². The summed E-state index contributed by atoms with van der Waals surface area (Å²) in [4.78, 5) is 37.4. The number of esters is 1. The average molecular weight is 663 g/mol. The fourth-order valence-corrected chi connectivity index (χ4v) is 5.67. The molecule has 44 heavy (non-hydrogen) atoms. The molecule has 0 saturated carbocycles. The van der Waals surface area contributed by atoms with Gasteiger partial charge in [-0.2, -0.15) is 8.42 Å². The number of hydrogen-bond donors (Lipinski definition) is 2. The first-order valence-corrected chi connectivity index (χ1v) is 16.2. The van der Waals surface area contributed by atoms with Gasteiger partial charge in [0.1, 0.15) is 30.0 Å². The molecule has 0 bridgehead atoms. The molecule has 0 spiro atoms. The van der Waals surface area contributed by atoms with Gasteiger partial charge in [0, 0.05) is 11.4 Å². The highest BCUT2D eigenvalue weighted by Crippen LogP contribution is 2.40. The number of carbonyl (C=O) groups is 3. The van der Waals surface area contributed by atoms with Crippen LogP contribution in [0.2, 0.25) is 5.02 Å². The van der Waals surface area contributed by atoms with Crippen molar-refractivity contribution in [1.29, 1.82) is 0 Å². The van der Waals surface area contributed by atoms with Gasteiger partial charge >= 0.3 is 22.4 Å². The minimum Gasteiger partial charge on any atom is -0.465 e. The van der Waals surface area contributed by atoms with E-state index < -0.39 is 76.7 Å². The van der Waals surface area contributed by atoms with Crippen molar-refractivity contribution in [3.05, 3.63) is 34.9 Å². The number of carbonyl (C=O) groups excluding carboxylic acids is 3. The Bertz CT molecular complexity index is 1260. The first-order valence-electron chi connectivity index (χ1n) is 14.4. The van der Waals surface area contributed by atoms with Crippen LogP contribution in [-0.4, -0.2) is 81.4 Å². The molecule has 0 aliphatic carbocycles. The predicted molar refractivity (Wildman–Crippen MR) is 159 cm³/mol. The standard InChI is InChI=1S/C29H43ClN2O11S/c1-17(2)14-20(31-27(35)43-28(3,4)5)26(34)32-44(36,37)39-16-22-25-24(41-29(6,7)42-25)21(40-22)12-13-38-23(33)15-18-8-10-19(30)11-9-18/h8-11,17,20-22,24-25H,12-16H2,1-7H3,(H,31,35)(H,32,34). The highest BCUT2D eigenvalue weighted by atomic mass is 35.5. The Kier molecular flexibility index (Phi) is 12.1. The summed E-state index contributed by atoms with van der Waals surface area (Å²) in [5.74, 6) is -2.42. The van der Waals surface area contributed by atoms with Gasteiger partial charge in [0.25, 0.3) is 5.91 Å². The maximum absolute atomic E-state index is 12.9. The molecule has 2 fully saturated rings. The molecule has 0 aromatic heterocycles. The van der Waals surface area contributed by atoms with Gasteiger partial charge < -0.3 is 29.0 Å². The summed E-state index contributed by atoms with van der Waals surface area (Å²) in [6.45, 7) is 11.6. The molecule has 13 nitrogen and oxygen atoms in total. The van der Waals surface area contributed by atoms with E-state index in [0.717, 1.165) is 5.56 Å². The van der Waals surface area contributed by atoms with Crippen molar-refractivity contribution < 1.29 is 50.7 Å². The molecule has 5 atom stereocenters. The minimum atomic E-state index is -4.60. The number of alkyl carbamates (subject to hydrolysis) is 1. The van der Waals surface area contributed by atoms with Crippen molar-refractivity contribution in [2.24, 2.45) is 5.92 Å². The lowest BCUT2D eigenvalue weighted by molar-refractivity contribution is -0.191. The molecule has 5 unspecified atom stereocenters. The molecule has 2 aliphatic rings. The summed E-state index contributed by atoms with van der Waals surface area (Å²) in [7, 11) is -4.60. The van der Waals surface area contributed by atoms with Crippen LogP contribution in [0.4, 0.5) is 4.79 Å². The Labute approximate surface area is 263 Å². The van der Waals surface area contributed by atoms with Crippen LogP contribution in [0.5, 0.6) is 0 Å². The van der Waals surface area contributed by atoms with E-state index in [1.54, 1.807) is 58.9 Å². The van der Waals surface area contributed by atoms with Gasteiger partial charge in [0.15, 0.2) is 5.79 Å². The molecule has 3 rings (SSSR count). The van der Waals surface area contributed by atoms with Crippen molar-refractivity contribution in [2.75, 3.05) is 13.2 Å². The lowest BCUT2D eigenvalue weighted by Crippen LogP contribution is -2.50. The summed E-state index contributed by atoms with van der Waals surface area (Å²) in [5.41, 5.74) is -0.0538. The van der Waals surface area contributed by atoms with E-state index >= 15 is 0 Å². The van der Waals surface area contributed by atoms with Crippen LogP contribution in [0.15, 0.2) is 24.3 Å². The summed E-state index contributed by atoms with van der Waals surface area (Å²) in [6, 6.07) is 5.67. The monoisotopic (exact) mass is 662 g/mol. The molecule has 0 radical (unpaired) electrons. The molecule has 1 aromatic carbocycles. The number of amides is 2. The first kappa shape index (κ1) is 36.0. The topological polar surface area (TPSA) is 165 Å². The van der Waals surface area contributed by atoms with Crippen LogP contribution in [0, 0.1) is 5.92 Å². The summed E-state index contributed by atoms with van der Waals surface area (Å²) in [6.07, 6.45) is -3.05. The molecule has 2 N–H and O–H groups in total. The van der Waals surface area contributed by atoms with Crippen molar-refractivity contribution in [1.82, 2.24) is 10.0 Å². The zero-order chi connectivity index (χ0) is 32.9. The zero-order valence-electron chi connectivity index (χ0n) is 26.1. The van der Waals surface area contributed by atoms with Crippen LogP contribution in [0.3, 0.4) is 0 Å². The normalized spacial score (nSPS) is 23.6. The zero-order valence-corrected chi connectivity index (χ0v) is 27.7. The predicted octanol–water partition coefficient (Wildman–Crippen LogP) is 3.42. The number of rotatable bonds is 13. The number of fused-ring (bicyclic) bond motifs is 1. The Balaban J connectivity index is 1.55. The Morgan fingerprint density at radius 3 is 2.25 bits per heavy atom. The maximum Gasteiger partial charge on any atom is 0.408 e. The Hall–Kier alpha value is -2.49. The van der Waals surface area contributed by atoms with Gasteiger partial charge in [-0.15, -0.1) is 0 Å². The third-order valence-corrected chi connectivity index (χ3v) is 7.65. The van der Waals surface area contributed by atoms with E-state index in [4.69, 9.17) is 39.5 Å². The number of ether oxygens (including phenoxy) is 5. The minimum absolute atomic E-state index is 0.0356. The quantitative estimate of drug-likeness (QED) is 0.297. The smallest absolute Gasteiger partial charge is 0.408 e. The summed E-state index contributed by atoms with van der Waals surface area (Å²) >= 11 is 5.88. The second-order valence-electron chi connectivity index (χ2n) is 12.6. The van der Waals surface area contributed by atoms with Gasteiger partial charge in [-0.25, -0.2) is 9.52 Å². The molecule has 2 aliphatic heterocycles. The highest BCUT2D eigenvalue weighted by molar-refractivity contribution is 7.85. The largest absolute Gasteiger partial charge is 0.465 e. The van der Waals surface area contributed by atoms with E-state index in [0.29, 0.717) is 5.02 Å². The van der Waals surface area contributed by atoms with E-state index in [9.17, 15) is 22.8 Å². The number of hydrogen-bond acceptors (Lipinski definition) is 11. The molecule has 2 amide bonds. The van der Waals surface area contributed by atoms with Crippen LogP contribution in [0.1, 0.15) is 66.9 Å². The number of nitrogens with one attached hydrogen (secondary N) is 2. The maximum atomic E-state index is 12.9. The molecular weight excluding hydrogens is 620 g/mol. The molecule has 1 aromatic rings. The molecule has 2 saturated heterocycles. The Morgan fingerprint density at radius 2 is 1.66 bits per heavy atom. The Morgan fingerprint density at radius 1 is 1.05 bits per heavy atom. The molecular formula is C29H43ClN2O11S. The van der Waals surface area contributed by atoms with E-state index in [1.807, 2.05) is 18.6 Å². The fourth-order valence-electron chi connectivity index (χ4n) is 4.78. The number of halogens is 1. The fraction of sp³-hybridized carbons (Fsp3) is 0.690. The average Bonchev–Trinajstić information content (AvgIpc) is 3.35. The summed E-state index contributed by atoms with van der Waals surface area (Å²) in [5, 5.41) is 2.98. The second-order valence-corrected chi connectivity index (χ2v) is 14.4. The lowest BCUT2D eigenvalue weighted by atomic mass is 10.0. The lowest BCUT2D eigenvalue weighted by Gasteiger charge is -2.25. The van der Waals surface area contributed by atoms with Crippen LogP contribution >= 0.6 is 11.6 Å². The second kappa shape index (κ2) is 14.7. The van der Waals surface area contributed by atoms with Gasteiger partial charge in [0.2, 0.25) is 0 Å². The summed E-state index contributed by atoms with van der Waals surface area (Å²) < 4.78 is 60.9.